The van der Waals surface area contributed by atoms with Gasteiger partial charge in [0.25, 0.3) is 0 Å². The summed E-state index contributed by atoms with van der Waals surface area (Å²) in [4.78, 5) is 0. The fraction of sp³-hybridized carbons (Fsp3) is 0.464. The Labute approximate surface area is 180 Å². The SMILES string of the molecule is C/C=C/CCC1CCC(C2CCc3cc(-c4ccc(C#N)c(F)c4)ccc3C2)CC1. The molecule has 30 heavy (non-hydrogen) atoms. The molecule has 1 nitrogen and oxygen atoms in total. The van der Waals surface area contributed by atoms with Crippen LogP contribution in [0.15, 0.2) is 48.6 Å². The van der Waals surface area contributed by atoms with E-state index in [2.05, 4.69) is 37.3 Å². The first-order valence-electron chi connectivity index (χ1n) is 11.6. The molecule has 156 valence electrons. The third-order valence-electron chi connectivity index (χ3n) is 7.43. The molecule has 1 saturated carbocycles. The van der Waals surface area contributed by atoms with Crippen molar-refractivity contribution < 1.29 is 4.39 Å². The molecular formula is C28H32FN. The van der Waals surface area contributed by atoms with Gasteiger partial charge in [-0.1, -0.05) is 49.3 Å². The van der Waals surface area contributed by atoms with Gasteiger partial charge in [-0.3, -0.25) is 0 Å². The van der Waals surface area contributed by atoms with Gasteiger partial charge in [-0.05, 0) is 104 Å². The molecule has 1 fully saturated rings. The summed E-state index contributed by atoms with van der Waals surface area (Å²) < 4.78 is 14.0. The zero-order valence-corrected chi connectivity index (χ0v) is 18.0. The van der Waals surface area contributed by atoms with E-state index < -0.39 is 5.82 Å². The fourth-order valence-corrected chi connectivity index (χ4v) is 5.60. The normalized spacial score (nSPS) is 23.8. The molecule has 0 N–H and O–H groups in total. The van der Waals surface area contributed by atoms with E-state index in [1.807, 2.05) is 12.1 Å². The van der Waals surface area contributed by atoms with Crippen LogP contribution in [-0.2, 0) is 12.8 Å². The quantitative estimate of drug-likeness (QED) is 0.472. The van der Waals surface area contributed by atoms with Gasteiger partial charge in [-0.25, -0.2) is 4.39 Å². The molecule has 2 aromatic rings. The van der Waals surface area contributed by atoms with Gasteiger partial charge in [0.2, 0.25) is 0 Å². The molecule has 0 aromatic heterocycles. The van der Waals surface area contributed by atoms with Crippen LogP contribution in [0.1, 0.15) is 68.6 Å². The van der Waals surface area contributed by atoms with Crippen LogP contribution in [0.5, 0.6) is 0 Å². The highest BCUT2D eigenvalue weighted by Gasteiger charge is 2.30. The summed E-state index contributed by atoms with van der Waals surface area (Å²) in [5.41, 5.74) is 4.92. The molecule has 0 spiro atoms. The van der Waals surface area contributed by atoms with E-state index in [1.165, 1.54) is 68.6 Å². The average molecular weight is 402 g/mol. The zero-order valence-electron chi connectivity index (χ0n) is 18.0. The number of hydrogen-bond acceptors (Lipinski definition) is 1. The van der Waals surface area contributed by atoms with E-state index in [1.54, 1.807) is 6.07 Å². The first kappa shape index (κ1) is 20.9. The summed E-state index contributed by atoms with van der Waals surface area (Å²) in [7, 11) is 0. The van der Waals surface area contributed by atoms with Gasteiger partial charge in [0.15, 0.2) is 0 Å². The lowest BCUT2D eigenvalue weighted by atomic mass is 9.69. The van der Waals surface area contributed by atoms with Gasteiger partial charge in [0.05, 0.1) is 5.56 Å². The molecule has 0 aliphatic heterocycles. The third-order valence-corrected chi connectivity index (χ3v) is 7.43. The Kier molecular flexibility index (Phi) is 6.68. The molecule has 2 aromatic carbocycles. The first-order valence-corrected chi connectivity index (χ1v) is 11.6. The molecule has 2 aliphatic rings. The minimum Gasteiger partial charge on any atom is -0.206 e. The maximum Gasteiger partial charge on any atom is 0.141 e. The van der Waals surface area contributed by atoms with Crippen molar-refractivity contribution in [2.75, 3.05) is 0 Å². The summed E-state index contributed by atoms with van der Waals surface area (Å²) in [6, 6.07) is 13.4. The molecule has 2 aliphatic carbocycles. The van der Waals surface area contributed by atoms with Gasteiger partial charge in [-0.15, -0.1) is 0 Å². The van der Waals surface area contributed by atoms with E-state index in [-0.39, 0.29) is 5.56 Å². The molecule has 0 bridgehead atoms. The van der Waals surface area contributed by atoms with Crippen LogP contribution in [0.4, 0.5) is 4.39 Å². The summed E-state index contributed by atoms with van der Waals surface area (Å²) in [5, 5.41) is 8.94. The van der Waals surface area contributed by atoms with Crippen LogP contribution in [-0.4, -0.2) is 0 Å². The van der Waals surface area contributed by atoms with Crippen molar-refractivity contribution in [3.05, 3.63) is 71.1 Å². The Hall–Kier alpha value is -2.40. The number of nitrogens with zero attached hydrogens (tertiary/aromatic N) is 1. The Morgan fingerprint density at radius 1 is 0.967 bits per heavy atom. The zero-order chi connectivity index (χ0) is 20.9. The largest absolute Gasteiger partial charge is 0.206 e. The van der Waals surface area contributed by atoms with Crippen molar-refractivity contribution in [1.29, 1.82) is 5.26 Å². The van der Waals surface area contributed by atoms with Gasteiger partial charge in [-0.2, -0.15) is 5.26 Å². The number of nitriles is 1. The number of halogens is 1. The molecule has 1 atom stereocenters. The lowest BCUT2D eigenvalue weighted by Gasteiger charge is -2.36. The van der Waals surface area contributed by atoms with E-state index >= 15 is 0 Å². The van der Waals surface area contributed by atoms with Crippen LogP contribution in [0.25, 0.3) is 11.1 Å². The molecule has 0 saturated heterocycles. The van der Waals surface area contributed by atoms with Crippen molar-refractivity contribution in [3.63, 3.8) is 0 Å². The van der Waals surface area contributed by atoms with Crippen molar-refractivity contribution in [1.82, 2.24) is 0 Å². The number of allylic oxidation sites excluding steroid dienone is 2. The molecule has 4 rings (SSSR count). The average Bonchev–Trinajstić information content (AvgIpc) is 2.79. The van der Waals surface area contributed by atoms with E-state index in [9.17, 15) is 4.39 Å². The van der Waals surface area contributed by atoms with Crippen molar-refractivity contribution in [3.8, 4) is 17.2 Å². The third kappa shape index (κ3) is 4.67. The Balaban J connectivity index is 1.38. The van der Waals surface area contributed by atoms with Gasteiger partial charge >= 0.3 is 0 Å². The smallest absolute Gasteiger partial charge is 0.141 e. The minimum atomic E-state index is -0.436. The topological polar surface area (TPSA) is 23.8 Å². The maximum absolute atomic E-state index is 14.0. The van der Waals surface area contributed by atoms with Crippen molar-refractivity contribution in [2.24, 2.45) is 17.8 Å². The monoisotopic (exact) mass is 401 g/mol. The molecular weight excluding hydrogens is 369 g/mol. The second-order valence-electron chi connectivity index (χ2n) is 9.22. The van der Waals surface area contributed by atoms with E-state index in [4.69, 9.17) is 5.26 Å². The summed E-state index contributed by atoms with van der Waals surface area (Å²) >= 11 is 0. The molecule has 0 heterocycles. The lowest BCUT2D eigenvalue weighted by molar-refractivity contribution is 0.185. The molecule has 0 radical (unpaired) electrons. The predicted molar refractivity (Wildman–Crippen MR) is 122 cm³/mol. The van der Waals surface area contributed by atoms with Crippen molar-refractivity contribution in [2.45, 2.75) is 64.7 Å². The lowest BCUT2D eigenvalue weighted by Crippen LogP contribution is -2.26. The van der Waals surface area contributed by atoms with Crippen LogP contribution in [0, 0.1) is 34.9 Å². The van der Waals surface area contributed by atoms with Gasteiger partial charge < -0.3 is 0 Å². The highest BCUT2D eigenvalue weighted by atomic mass is 19.1. The number of aryl methyl sites for hydroxylation is 1. The maximum atomic E-state index is 14.0. The second kappa shape index (κ2) is 9.61. The van der Waals surface area contributed by atoms with Crippen LogP contribution < -0.4 is 0 Å². The number of rotatable bonds is 5. The summed E-state index contributed by atoms with van der Waals surface area (Å²) in [5.74, 6) is 2.22. The van der Waals surface area contributed by atoms with E-state index in [0.717, 1.165) is 35.3 Å². The number of fused-ring (bicyclic) bond motifs is 1. The number of hydrogen-bond donors (Lipinski definition) is 0. The summed E-state index contributed by atoms with van der Waals surface area (Å²) in [6.07, 6.45) is 16.3. The van der Waals surface area contributed by atoms with E-state index in [0.29, 0.717) is 0 Å². The van der Waals surface area contributed by atoms with Crippen LogP contribution in [0.2, 0.25) is 0 Å². The Morgan fingerprint density at radius 3 is 2.47 bits per heavy atom. The Morgan fingerprint density at radius 2 is 1.73 bits per heavy atom. The predicted octanol–water partition coefficient (Wildman–Crippen LogP) is 7.63. The number of benzene rings is 2. The Bertz CT molecular complexity index is 944. The first-order chi connectivity index (χ1) is 14.7. The van der Waals surface area contributed by atoms with Gasteiger partial charge in [0, 0.05) is 0 Å². The molecule has 0 amide bonds. The van der Waals surface area contributed by atoms with Crippen LogP contribution >= 0.6 is 0 Å². The highest BCUT2D eigenvalue weighted by Crippen LogP contribution is 2.41. The van der Waals surface area contributed by atoms with Crippen LogP contribution in [0.3, 0.4) is 0 Å². The highest BCUT2D eigenvalue weighted by molar-refractivity contribution is 5.66. The fourth-order valence-electron chi connectivity index (χ4n) is 5.60. The molecule has 2 heteroatoms. The second-order valence-corrected chi connectivity index (χ2v) is 9.22. The minimum absolute atomic E-state index is 0.108. The van der Waals surface area contributed by atoms with Gasteiger partial charge in [0.1, 0.15) is 11.9 Å². The van der Waals surface area contributed by atoms with Crippen molar-refractivity contribution >= 4 is 0 Å². The summed E-state index contributed by atoms with van der Waals surface area (Å²) in [6.45, 7) is 2.11. The molecule has 1 unspecified atom stereocenters. The standard InChI is InChI=1S/C28H32FN/c1-2-3-4-5-20-6-8-21(9-7-20)22-10-11-24-17-25(13-12-23(24)16-22)26-14-15-27(19-30)28(29)18-26/h2-3,12-15,17-18,20-22H,4-11,16H2,1H3/b3-2+.